The van der Waals surface area contributed by atoms with Crippen LogP contribution in [0.3, 0.4) is 0 Å². The monoisotopic (exact) mass is 503 g/mol. The molecule has 0 aromatic carbocycles. The van der Waals surface area contributed by atoms with Crippen LogP contribution < -0.4 is 4.90 Å². The third-order valence-corrected chi connectivity index (χ3v) is 6.83. The van der Waals surface area contributed by atoms with Crippen LogP contribution in [-0.4, -0.2) is 67.3 Å². The van der Waals surface area contributed by atoms with Crippen molar-refractivity contribution in [3.8, 4) is 11.4 Å². The summed E-state index contributed by atoms with van der Waals surface area (Å²) in [5.41, 5.74) is 5.93. The highest BCUT2D eigenvalue weighted by atomic mass is 16.6. The Hall–Kier alpha value is -3.49. The van der Waals surface area contributed by atoms with Gasteiger partial charge in [-0.05, 0) is 46.8 Å². The Morgan fingerprint density at radius 2 is 1.81 bits per heavy atom. The molecule has 4 heterocycles. The predicted octanol–water partition coefficient (Wildman–Crippen LogP) is 4.43. The second-order valence-electron chi connectivity index (χ2n) is 11.1. The number of piperazine rings is 1. The molecule has 0 spiro atoms. The fourth-order valence-electron chi connectivity index (χ4n) is 5.10. The van der Waals surface area contributed by atoms with Crippen molar-refractivity contribution in [3.05, 3.63) is 53.1 Å². The van der Waals surface area contributed by atoms with Gasteiger partial charge >= 0.3 is 6.09 Å². The highest BCUT2D eigenvalue weighted by Gasteiger charge is 2.30. The minimum Gasteiger partial charge on any atom is -0.444 e. The first-order valence-corrected chi connectivity index (χ1v) is 13.3. The van der Waals surface area contributed by atoms with Gasteiger partial charge < -0.3 is 19.1 Å². The molecule has 5 rings (SSSR count). The van der Waals surface area contributed by atoms with Gasteiger partial charge in [-0.2, -0.15) is 0 Å². The number of nitrogens with zero attached hydrogens (tertiary/aromatic N) is 7. The number of aryl methyl sites for hydroxylation is 1. The van der Waals surface area contributed by atoms with Gasteiger partial charge in [0.1, 0.15) is 17.2 Å². The number of carbonyl (C=O) groups is 1. The number of amides is 1. The molecule has 0 unspecified atom stereocenters. The summed E-state index contributed by atoms with van der Waals surface area (Å²) in [4.78, 5) is 35.6. The second-order valence-corrected chi connectivity index (χ2v) is 11.1. The first kappa shape index (κ1) is 25.2. The van der Waals surface area contributed by atoms with E-state index in [9.17, 15) is 4.79 Å². The lowest BCUT2D eigenvalue weighted by Gasteiger charge is -2.36. The van der Waals surface area contributed by atoms with Crippen molar-refractivity contribution in [2.75, 3.05) is 31.1 Å². The summed E-state index contributed by atoms with van der Waals surface area (Å²) in [6.07, 6.45) is 5.89. The van der Waals surface area contributed by atoms with Crippen LogP contribution in [0.25, 0.3) is 11.4 Å². The molecule has 1 amide bonds. The maximum atomic E-state index is 12.3. The van der Waals surface area contributed by atoms with Crippen molar-refractivity contribution in [3.63, 3.8) is 0 Å². The molecule has 0 atom stereocenters. The van der Waals surface area contributed by atoms with E-state index >= 15 is 0 Å². The van der Waals surface area contributed by atoms with Crippen LogP contribution in [0.2, 0.25) is 0 Å². The number of aromatic nitrogens is 5. The molecule has 1 fully saturated rings. The summed E-state index contributed by atoms with van der Waals surface area (Å²) in [5, 5.41) is 0. The van der Waals surface area contributed by atoms with Gasteiger partial charge in [-0.15, -0.1) is 0 Å². The van der Waals surface area contributed by atoms with Gasteiger partial charge in [0.15, 0.2) is 0 Å². The number of imidazole rings is 1. The molecular formula is C28H37N7O2. The third kappa shape index (κ3) is 5.17. The zero-order valence-electron chi connectivity index (χ0n) is 22.8. The SMILES string of the molecule is CCc1nc2c(n1C(C)C)-c1nc(Cc3ccc(N4CCN(C(=O)OC(C)(C)C)CC4)cn3)ncc1C2. The van der Waals surface area contributed by atoms with Gasteiger partial charge in [-0.3, -0.25) is 4.98 Å². The van der Waals surface area contributed by atoms with Crippen molar-refractivity contribution in [1.29, 1.82) is 0 Å². The van der Waals surface area contributed by atoms with Gasteiger partial charge in [0.2, 0.25) is 0 Å². The molecule has 0 bridgehead atoms. The second kappa shape index (κ2) is 9.76. The lowest BCUT2D eigenvalue weighted by Crippen LogP contribution is -2.50. The number of ether oxygens (including phenoxy) is 1. The largest absolute Gasteiger partial charge is 0.444 e. The van der Waals surface area contributed by atoms with Crippen LogP contribution in [-0.2, 0) is 24.0 Å². The van der Waals surface area contributed by atoms with Crippen LogP contribution in [0.1, 0.15) is 76.2 Å². The summed E-state index contributed by atoms with van der Waals surface area (Å²) in [6, 6.07) is 4.47. The summed E-state index contributed by atoms with van der Waals surface area (Å²) < 4.78 is 7.83. The third-order valence-electron chi connectivity index (χ3n) is 6.83. The molecule has 0 N–H and O–H groups in total. The quantitative estimate of drug-likeness (QED) is 0.398. The number of fused-ring (bicyclic) bond motifs is 3. The van der Waals surface area contributed by atoms with Gasteiger partial charge in [-0.25, -0.2) is 19.7 Å². The molecule has 1 aliphatic heterocycles. The zero-order valence-corrected chi connectivity index (χ0v) is 22.8. The number of hydrogen-bond donors (Lipinski definition) is 0. The van der Waals surface area contributed by atoms with Gasteiger partial charge in [0.05, 0.1) is 35.4 Å². The molecule has 9 heteroatoms. The average Bonchev–Trinajstić information content (AvgIpc) is 3.39. The van der Waals surface area contributed by atoms with E-state index < -0.39 is 5.60 Å². The van der Waals surface area contributed by atoms with E-state index in [0.717, 1.165) is 71.6 Å². The molecule has 2 aliphatic rings. The maximum Gasteiger partial charge on any atom is 0.410 e. The van der Waals surface area contributed by atoms with E-state index in [1.54, 1.807) is 4.90 Å². The lowest BCUT2D eigenvalue weighted by molar-refractivity contribution is 0.0240. The summed E-state index contributed by atoms with van der Waals surface area (Å²) >= 11 is 0. The fraction of sp³-hybridized carbons (Fsp3) is 0.536. The Balaban J connectivity index is 1.25. The first-order chi connectivity index (χ1) is 17.6. The smallest absolute Gasteiger partial charge is 0.410 e. The molecule has 3 aromatic heterocycles. The van der Waals surface area contributed by atoms with E-state index in [0.29, 0.717) is 25.6 Å². The highest BCUT2D eigenvalue weighted by molar-refractivity contribution is 5.70. The number of anilines is 1. The molecule has 0 saturated carbocycles. The van der Waals surface area contributed by atoms with Gasteiger partial charge in [0.25, 0.3) is 0 Å². The molecule has 1 aliphatic carbocycles. The first-order valence-electron chi connectivity index (χ1n) is 13.3. The van der Waals surface area contributed by atoms with Crippen LogP contribution in [0.5, 0.6) is 0 Å². The summed E-state index contributed by atoms with van der Waals surface area (Å²) in [5.74, 6) is 1.89. The molecule has 37 heavy (non-hydrogen) atoms. The number of hydrogen-bond acceptors (Lipinski definition) is 7. The average molecular weight is 504 g/mol. The van der Waals surface area contributed by atoms with Crippen molar-refractivity contribution in [1.82, 2.24) is 29.4 Å². The minimum atomic E-state index is -0.479. The van der Waals surface area contributed by atoms with Gasteiger partial charge in [0, 0.05) is 62.5 Å². The van der Waals surface area contributed by atoms with Crippen molar-refractivity contribution in [2.24, 2.45) is 0 Å². The zero-order chi connectivity index (χ0) is 26.3. The molecular weight excluding hydrogens is 466 g/mol. The van der Waals surface area contributed by atoms with Crippen LogP contribution >= 0.6 is 0 Å². The Morgan fingerprint density at radius 3 is 2.43 bits per heavy atom. The topological polar surface area (TPSA) is 89.3 Å². The molecule has 0 radical (unpaired) electrons. The van der Waals surface area contributed by atoms with Crippen LogP contribution in [0, 0.1) is 0 Å². The highest BCUT2D eigenvalue weighted by Crippen LogP contribution is 2.37. The molecule has 9 nitrogen and oxygen atoms in total. The minimum absolute atomic E-state index is 0.246. The Labute approximate surface area is 218 Å². The van der Waals surface area contributed by atoms with E-state index in [4.69, 9.17) is 19.7 Å². The van der Waals surface area contributed by atoms with Crippen LogP contribution in [0.15, 0.2) is 24.5 Å². The molecule has 196 valence electrons. The summed E-state index contributed by atoms with van der Waals surface area (Å²) in [6.45, 7) is 15.0. The number of carbonyl (C=O) groups excluding carboxylic acids is 1. The lowest BCUT2D eigenvalue weighted by atomic mass is 10.2. The number of rotatable bonds is 5. The van der Waals surface area contributed by atoms with Crippen LogP contribution in [0.4, 0.5) is 10.5 Å². The van der Waals surface area contributed by atoms with E-state index in [-0.39, 0.29) is 6.09 Å². The van der Waals surface area contributed by atoms with E-state index in [1.165, 1.54) is 0 Å². The Kier molecular flexibility index (Phi) is 6.64. The number of pyridine rings is 1. The van der Waals surface area contributed by atoms with E-state index in [2.05, 4.69) is 41.3 Å². The molecule has 1 saturated heterocycles. The molecule has 3 aromatic rings. The Bertz CT molecular complexity index is 1280. The van der Waals surface area contributed by atoms with Crippen molar-refractivity contribution in [2.45, 2.75) is 72.4 Å². The van der Waals surface area contributed by atoms with Crippen molar-refractivity contribution < 1.29 is 9.53 Å². The predicted molar refractivity (Wildman–Crippen MR) is 143 cm³/mol. The standard InChI is InChI=1S/C28H37N7O2/c1-7-24-31-22-14-19-16-30-23(32-25(19)26(22)35(24)18(2)3)15-20-8-9-21(17-29-20)33-10-12-34(13-11-33)27(36)37-28(4,5)6/h8-9,16-18H,7,10-15H2,1-6H3. The maximum absolute atomic E-state index is 12.3. The summed E-state index contributed by atoms with van der Waals surface area (Å²) in [7, 11) is 0. The normalized spacial score (nSPS) is 15.2. The van der Waals surface area contributed by atoms with Gasteiger partial charge in [-0.1, -0.05) is 6.92 Å². The fourth-order valence-corrected chi connectivity index (χ4v) is 5.10. The van der Waals surface area contributed by atoms with E-state index in [1.807, 2.05) is 39.2 Å². The Morgan fingerprint density at radius 1 is 1.05 bits per heavy atom. The van der Waals surface area contributed by atoms with Crippen molar-refractivity contribution >= 4 is 11.8 Å².